The fourth-order valence-electron chi connectivity index (χ4n) is 2.02. The molecule has 0 aliphatic carbocycles. The molecule has 6 heteroatoms. The minimum absolute atomic E-state index is 0.392. The average molecular weight is 455 g/mol. The van der Waals surface area contributed by atoms with Gasteiger partial charge < -0.3 is 9.47 Å². The number of methoxy groups -OCH3 is 2. The fraction of sp³-hybridized carbons (Fsp3) is 0.200. The standard InChI is InChI=1S/C15H12Br2Cl2O2/c1-20-12-4-3-11(15(21-2)14(12)19)13(18)8-5-9(16)7-10(17)6-8/h3-7,13H,1-2H3. The van der Waals surface area contributed by atoms with Crippen LogP contribution < -0.4 is 9.47 Å². The number of alkyl halides is 1. The number of hydrogen-bond donors (Lipinski definition) is 0. The third-order valence-corrected chi connectivity index (χ3v) is 4.73. The van der Waals surface area contributed by atoms with Gasteiger partial charge in [-0.1, -0.05) is 43.5 Å². The first-order valence-electron chi connectivity index (χ1n) is 5.98. The highest BCUT2D eigenvalue weighted by molar-refractivity contribution is 9.11. The van der Waals surface area contributed by atoms with E-state index in [4.69, 9.17) is 32.7 Å². The van der Waals surface area contributed by atoms with E-state index in [0.29, 0.717) is 16.5 Å². The van der Waals surface area contributed by atoms with Crippen LogP contribution in [-0.4, -0.2) is 14.2 Å². The van der Waals surface area contributed by atoms with Crippen LogP contribution >= 0.6 is 55.1 Å². The van der Waals surface area contributed by atoms with Gasteiger partial charge in [0.1, 0.15) is 16.5 Å². The molecule has 0 N–H and O–H groups in total. The summed E-state index contributed by atoms with van der Waals surface area (Å²) in [5, 5.41) is 0.0226. The van der Waals surface area contributed by atoms with E-state index in [1.807, 2.05) is 24.3 Å². The molecule has 0 saturated carbocycles. The molecule has 0 bridgehead atoms. The van der Waals surface area contributed by atoms with Crippen molar-refractivity contribution in [1.29, 1.82) is 0 Å². The zero-order chi connectivity index (χ0) is 15.6. The van der Waals surface area contributed by atoms with Gasteiger partial charge in [-0.25, -0.2) is 0 Å². The lowest BCUT2D eigenvalue weighted by Crippen LogP contribution is -2.00. The first-order chi connectivity index (χ1) is 9.97. The van der Waals surface area contributed by atoms with Crippen LogP contribution in [0.3, 0.4) is 0 Å². The Bertz CT molecular complexity index is 642. The summed E-state index contributed by atoms with van der Waals surface area (Å²) in [5.41, 5.74) is 1.72. The third kappa shape index (κ3) is 3.67. The second-order valence-corrected chi connectivity index (χ2v) is 6.92. The maximum absolute atomic E-state index is 6.61. The zero-order valence-corrected chi connectivity index (χ0v) is 16.0. The van der Waals surface area contributed by atoms with Crippen LogP contribution in [0, 0.1) is 0 Å². The molecule has 0 aliphatic rings. The zero-order valence-electron chi connectivity index (χ0n) is 11.3. The van der Waals surface area contributed by atoms with Crippen LogP contribution in [0.4, 0.5) is 0 Å². The van der Waals surface area contributed by atoms with Crippen LogP contribution in [0.15, 0.2) is 39.3 Å². The lowest BCUT2D eigenvalue weighted by atomic mass is 10.0. The molecular formula is C15H12Br2Cl2O2. The minimum atomic E-state index is -0.392. The fourth-order valence-corrected chi connectivity index (χ4v) is 3.97. The molecule has 2 nitrogen and oxygen atoms in total. The summed E-state index contributed by atoms with van der Waals surface area (Å²) >= 11 is 19.8. The molecule has 0 spiro atoms. The van der Waals surface area contributed by atoms with Crippen molar-refractivity contribution in [3.05, 3.63) is 55.4 Å². The van der Waals surface area contributed by atoms with E-state index >= 15 is 0 Å². The maximum atomic E-state index is 6.61. The molecule has 2 rings (SSSR count). The smallest absolute Gasteiger partial charge is 0.146 e. The number of benzene rings is 2. The normalized spacial score (nSPS) is 12.1. The van der Waals surface area contributed by atoms with Crippen molar-refractivity contribution in [3.8, 4) is 11.5 Å². The SMILES string of the molecule is COc1ccc(C(Cl)c2cc(Br)cc(Br)c2)c(OC)c1Cl. The van der Waals surface area contributed by atoms with Crippen LogP contribution in [0.2, 0.25) is 5.02 Å². The first kappa shape index (κ1) is 16.9. The number of rotatable bonds is 4. The second-order valence-electron chi connectivity index (χ2n) is 4.27. The minimum Gasteiger partial charge on any atom is -0.495 e. The predicted molar refractivity (Wildman–Crippen MR) is 94.1 cm³/mol. The van der Waals surface area contributed by atoms with Gasteiger partial charge in [-0.3, -0.25) is 0 Å². The Kier molecular flexibility index (Phi) is 5.83. The van der Waals surface area contributed by atoms with Gasteiger partial charge in [0.2, 0.25) is 0 Å². The van der Waals surface area contributed by atoms with Gasteiger partial charge in [0.25, 0.3) is 0 Å². The van der Waals surface area contributed by atoms with E-state index in [2.05, 4.69) is 31.9 Å². The number of hydrogen-bond acceptors (Lipinski definition) is 2. The molecule has 0 aromatic heterocycles. The van der Waals surface area contributed by atoms with Gasteiger partial charge in [0.15, 0.2) is 0 Å². The second kappa shape index (κ2) is 7.23. The predicted octanol–water partition coefficient (Wildman–Crippen LogP) is 6.21. The van der Waals surface area contributed by atoms with Gasteiger partial charge in [-0.05, 0) is 35.9 Å². The summed E-state index contributed by atoms with van der Waals surface area (Å²) in [4.78, 5) is 0. The molecular weight excluding hydrogens is 443 g/mol. The highest BCUT2D eigenvalue weighted by Gasteiger charge is 2.21. The number of ether oxygens (including phenoxy) is 2. The molecule has 0 saturated heterocycles. The first-order valence-corrected chi connectivity index (χ1v) is 8.38. The summed E-state index contributed by atoms with van der Waals surface area (Å²) in [6, 6.07) is 9.50. The quantitative estimate of drug-likeness (QED) is 0.511. The van der Waals surface area contributed by atoms with E-state index in [1.54, 1.807) is 20.3 Å². The highest BCUT2D eigenvalue weighted by Crippen LogP contribution is 2.44. The molecule has 1 unspecified atom stereocenters. The van der Waals surface area contributed by atoms with Crippen molar-refractivity contribution in [2.24, 2.45) is 0 Å². The van der Waals surface area contributed by atoms with Crippen molar-refractivity contribution in [3.63, 3.8) is 0 Å². The van der Waals surface area contributed by atoms with Gasteiger partial charge >= 0.3 is 0 Å². The van der Waals surface area contributed by atoms with Crippen LogP contribution in [-0.2, 0) is 0 Å². The molecule has 2 aromatic carbocycles. The van der Waals surface area contributed by atoms with Crippen LogP contribution in [0.25, 0.3) is 0 Å². The summed E-state index contributed by atoms with van der Waals surface area (Å²) in [5.74, 6) is 1.07. The molecule has 0 amide bonds. The van der Waals surface area contributed by atoms with Crippen molar-refractivity contribution in [1.82, 2.24) is 0 Å². The Morgan fingerprint density at radius 2 is 1.62 bits per heavy atom. The van der Waals surface area contributed by atoms with Gasteiger partial charge in [-0.15, -0.1) is 11.6 Å². The van der Waals surface area contributed by atoms with Crippen LogP contribution in [0.5, 0.6) is 11.5 Å². The summed E-state index contributed by atoms with van der Waals surface area (Å²) in [6.45, 7) is 0. The van der Waals surface area contributed by atoms with E-state index in [-0.39, 0.29) is 0 Å². The Balaban J connectivity index is 2.52. The molecule has 0 radical (unpaired) electrons. The van der Waals surface area contributed by atoms with Crippen molar-refractivity contribution < 1.29 is 9.47 Å². The molecule has 112 valence electrons. The molecule has 2 aromatic rings. The van der Waals surface area contributed by atoms with Crippen molar-refractivity contribution in [2.75, 3.05) is 14.2 Å². The third-order valence-electron chi connectivity index (χ3n) is 2.97. The van der Waals surface area contributed by atoms with Gasteiger partial charge in [0.05, 0.1) is 19.6 Å². The molecule has 21 heavy (non-hydrogen) atoms. The average Bonchev–Trinajstić information content (AvgIpc) is 2.45. The maximum Gasteiger partial charge on any atom is 0.146 e. The monoisotopic (exact) mass is 452 g/mol. The topological polar surface area (TPSA) is 18.5 Å². The van der Waals surface area contributed by atoms with E-state index in [0.717, 1.165) is 20.1 Å². The van der Waals surface area contributed by atoms with E-state index in [9.17, 15) is 0 Å². The lowest BCUT2D eigenvalue weighted by Gasteiger charge is -2.17. The Labute approximate surface area is 150 Å². The summed E-state index contributed by atoms with van der Waals surface area (Å²) < 4.78 is 12.5. The summed E-state index contributed by atoms with van der Waals surface area (Å²) in [6.07, 6.45) is 0. The Morgan fingerprint density at radius 1 is 1.00 bits per heavy atom. The highest BCUT2D eigenvalue weighted by atomic mass is 79.9. The van der Waals surface area contributed by atoms with Gasteiger partial charge in [-0.2, -0.15) is 0 Å². The Morgan fingerprint density at radius 3 is 2.14 bits per heavy atom. The molecule has 1 atom stereocenters. The van der Waals surface area contributed by atoms with Crippen LogP contribution in [0.1, 0.15) is 16.5 Å². The lowest BCUT2D eigenvalue weighted by molar-refractivity contribution is 0.392. The van der Waals surface area contributed by atoms with Crippen molar-refractivity contribution >= 4 is 55.1 Å². The van der Waals surface area contributed by atoms with E-state index in [1.165, 1.54) is 0 Å². The number of halogens is 4. The summed E-state index contributed by atoms with van der Waals surface area (Å²) in [7, 11) is 3.12. The van der Waals surface area contributed by atoms with E-state index < -0.39 is 5.38 Å². The molecule has 0 aliphatic heterocycles. The van der Waals surface area contributed by atoms with Gasteiger partial charge in [0, 0.05) is 14.5 Å². The molecule has 0 heterocycles. The molecule has 0 fully saturated rings. The largest absolute Gasteiger partial charge is 0.495 e. The Hall–Kier alpha value is -0.420. The van der Waals surface area contributed by atoms with Crippen molar-refractivity contribution in [2.45, 2.75) is 5.38 Å².